The van der Waals surface area contributed by atoms with Crippen LogP contribution in [-0.2, 0) is 24.6 Å². The Morgan fingerprint density at radius 1 is 0.978 bits per heavy atom. The fourth-order valence-electron chi connectivity index (χ4n) is 5.25. The normalized spacial score (nSPS) is 12.7. The largest absolute Gasteiger partial charge is 0.489 e. The minimum absolute atomic E-state index is 0.118. The van der Waals surface area contributed by atoms with Crippen molar-refractivity contribution in [3.63, 3.8) is 0 Å². The topological polar surface area (TPSA) is 130 Å². The van der Waals surface area contributed by atoms with E-state index in [2.05, 4.69) is 24.4 Å². The van der Waals surface area contributed by atoms with Crippen LogP contribution in [0.2, 0.25) is 0 Å². The third-order valence-corrected chi connectivity index (χ3v) is 7.64. The number of carboxylic acids is 1. The van der Waals surface area contributed by atoms with Crippen LogP contribution in [0, 0.1) is 25.2 Å². The Hall–Kier alpha value is -5.04. The number of hydrogen-bond acceptors (Lipinski definition) is 8. The Labute approximate surface area is 262 Å². The molecule has 0 amide bonds. The minimum Gasteiger partial charge on any atom is -0.489 e. The van der Waals surface area contributed by atoms with Gasteiger partial charge in [0.1, 0.15) is 37.9 Å². The quantitative estimate of drug-likeness (QED) is 0.175. The maximum absolute atomic E-state index is 10.9. The van der Waals surface area contributed by atoms with Gasteiger partial charge in [-0.25, -0.2) is 0 Å². The van der Waals surface area contributed by atoms with Gasteiger partial charge in [0.2, 0.25) is 0 Å². The van der Waals surface area contributed by atoms with E-state index in [1.165, 1.54) is 0 Å². The van der Waals surface area contributed by atoms with E-state index in [-0.39, 0.29) is 19.6 Å². The van der Waals surface area contributed by atoms with Crippen LogP contribution in [0.15, 0.2) is 72.8 Å². The lowest BCUT2D eigenvalue weighted by molar-refractivity contribution is -0.139. The summed E-state index contributed by atoms with van der Waals surface area (Å²) in [4.78, 5) is 10.9. The van der Waals surface area contributed by atoms with Crippen molar-refractivity contribution in [3.05, 3.63) is 106 Å². The SMILES string of the molecule is Cc1cc(OCc2cccc(-c3ccc4c(c3)OCCO4)c2C)cc(OCc2cccc(C#N)c2)c1CNCC(O)CC(=O)O. The molecule has 9 nitrogen and oxygen atoms in total. The molecule has 1 aliphatic rings. The zero-order valence-corrected chi connectivity index (χ0v) is 25.3. The molecule has 3 N–H and O–H groups in total. The second-order valence-electron chi connectivity index (χ2n) is 10.9. The Balaban J connectivity index is 1.34. The van der Waals surface area contributed by atoms with Gasteiger partial charge in [0.05, 0.1) is 24.2 Å². The Bertz CT molecular complexity index is 1710. The zero-order chi connectivity index (χ0) is 31.8. The molecule has 4 aromatic rings. The maximum Gasteiger partial charge on any atom is 0.306 e. The van der Waals surface area contributed by atoms with E-state index in [1.807, 2.05) is 61.5 Å². The van der Waals surface area contributed by atoms with Crippen LogP contribution in [0.3, 0.4) is 0 Å². The molecule has 232 valence electrons. The van der Waals surface area contributed by atoms with E-state index in [4.69, 9.17) is 24.1 Å². The van der Waals surface area contributed by atoms with Crippen molar-refractivity contribution in [1.29, 1.82) is 5.26 Å². The number of aliphatic hydroxyl groups is 1. The molecular weight excluding hydrogens is 572 g/mol. The van der Waals surface area contributed by atoms with Gasteiger partial charge in [-0.2, -0.15) is 5.26 Å². The van der Waals surface area contributed by atoms with Crippen LogP contribution in [0.1, 0.15) is 39.8 Å². The molecule has 1 unspecified atom stereocenters. The van der Waals surface area contributed by atoms with Gasteiger partial charge in [-0.3, -0.25) is 4.79 Å². The van der Waals surface area contributed by atoms with E-state index in [0.29, 0.717) is 43.4 Å². The van der Waals surface area contributed by atoms with Crippen LogP contribution < -0.4 is 24.3 Å². The number of nitrogens with zero attached hydrogens (tertiary/aromatic N) is 1. The predicted molar refractivity (Wildman–Crippen MR) is 169 cm³/mol. The Morgan fingerprint density at radius 2 is 1.78 bits per heavy atom. The van der Waals surface area contributed by atoms with E-state index < -0.39 is 12.1 Å². The second-order valence-corrected chi connectivity index (χ2v) is 10.9. The molecule has 1 atom stereocenters. The van der Waals surface area contributed by atoms with Crippen molar-refractivity contribution in [2.75, 3.05) is 19.8 Å². The van der Waals surface area contributed by atoms with Crippen LogP contribution >= 0.6 is 0 Å². The van der Waals surface area contributed by atoms with Crippen LogP contribution in [0.5, 0.6) is 23.0 Å². The van der Waals surface area contributed by atoms with Gasteiger partial charge in [0.25, 0.3) is 0 Å². The molecule has 0 saturated carbocycles. The van der Waals surface area contributed by atoms with Gasteiger partial charge in [-0.1, -0.05) is 36.4 Å². The summed E-state index contributed by atoms with van der Waals surface area (Å²) in [5.74, 6) is 1.66. The number of nitrogens with one attached hydrogen (secondary N) is 1. The number of ether oxygens (including phenoxy) is 4. The number of aliphatic hydroxyl groups excluding tert-OH is 1. The number of nitriles is 1. The highest BCUT2D eigenvalue weighted by Crippen LogP contribution is 2.36. The molecule has 0 fully saturated rings. The third kappa shape index (κ3) is 8.12. The summed E-state index contributed by atoms with van der Waals surface area (Å²) >= 11 is 0. The fraction of sp³-hybridized carbons (Fsp3) is 0.278. The number of fused-ring (bicyclic) bond motifs is 1. The smallest absolute Gasteiger partial charge is 0.306 e. The van der Waals surface area contributed by atoms with Crippen molar-refractivity contribution in [3.8, 4) is 40.2 Å². The zero-order valence-electron chi connectivity index (χ0n) is 25.3. The van der Waals surface area contributed by atoms with E-state index in [0.717, 1.165) is 50.4 Å². The maximum atomic E-state index is 10.9. The molecule has 4 aromatic carbocycles. The lowest BCUT2D eigenvalue weighted by Crippen LogP contribution is -2.28. The number of aryl methyl sites for hydroxylation is 1. The van der Waals surface area contributed by atoms with Crippen molar-refractivity contribution in [2.45, 2.75) is 46.1 Å². The molecule has 0 aromatic heterocycles. The predicted octanol–water partition coefficient (Wildman–Crippen LogP) is 5.70. The molecule has 5 rings (SSSR count). The average Bonchev–Trinajstić information content (AvgIpc) is 3.03. The lowest BCUT2D eigenvalue weighted by atomic mass is 9.96. The summed E-state index contributed by atoms with van der Waals surface area (Å²) < 4.78 is 24.0. The molecule has 9 heteroatoms. The van der Waals surface area contributed by atoms with E-state index in [1.54, 1.807) is 12.1 Å². The Kier molecular flexibility index (Phi) is 10.2. The van der Waals surface area contributed by atoms with Gasteiger partial charge in [0, 0.05) is 24.7 Å². The number of hydrogen-bond donors (Lipinski definition) is 3. The summed E-state index contributed by atoms with van der Waals surface area (Å²) in [6.45, 7) is 6.16. The summed E-state index contributed by atoms with van der Waals surface area (Å²) in [6, 6.07) is 25.3. The molecule has 45 heavy (non-hydrogen) atoms. The van der Waals surface area contributed by atoms with Gasteiger partial charge >= 0.3 is 5.97 Å². The van der Waals surface area contributed by atoms with Crippen molar-refractivity contribution < 1.29 is 34.0 Å². The van der Waals surface area contributed by atoms with Crippen LogP contribution in [0.25, 0.3) is 11.1 Å². The van der Waals surface area contributed by atoms with Crippen molar-refractivity contribution >= 4 is 5.97 Å². The first kappa shape index (κ1) is 31.4. The van der Waals surface area contributed by atoms with Crippen molar-refractivity contribution in [1.82, 2.24) is 5.32 Å². The highest BCUT2D eigenvalue weighted by Gasteiger charge is 2.16. The molecule has 0 radical (unpaired) electrons. The van der Waals surface area contributed by atoms with Crippen LogP contribution in [-0.4, -0.2) is 42.0 Å². The number of carboxylic acid groups (broad SMARTS) is 1. The Morgan fingerprint density at radius 3 is 2.58 bits per heavy atom. The number of carbonyl (C=O) groups is 1. The first-order valence-electron chi connectivity index (χ1n) is 14.8. The molecule has 0 aliphatic carbocycles. The van der Waals surface area contributed by atoms with E-state index in [9.17, 15) is 15.2 Å². The number of rotatable bonds is 13. The average molecular weight is 609 g/mol. The molecule has 1 aliphatic heterocycles. The number of aliphatic carboxylic acids is 1. The van der Waals surface area contributed by atoms with Gasteiger partial charge in [0.15, 0.2) is 11.5 Å². The standard InChI is InChI=1S/C36H36N2O7/c1-23-13-30(44-22-28-7-4-8-31(24(28)2)27-9-10-33-35(15-27)43-12-11-42-33)17-34(32(23)20-38-19-29(39)16-36(40)41)45-21-26-6-3-5-25(14-26)18-37/h3-10,13-15,17,29,38-39H,11-12,16,19-22H2,1-2H3,(H,40,41). The van der Waals surface area contributed by atoms with Crippen LogP contribution in [0.4, 0.5) is 0 Å². The monoisotopic (exact) mass is 608 g/mol. The molecule has 0 spiro atoms. The molecule has 0 saturated heterocycles. The molecule has 0 bridgehead atoms. The number of benzene rings is 4. The fourth-order valence-corrected chi connectivity index (χ4v) is 5.25. The minimum atomic E-state index is -1.06. The van der Waals surface area contributed by atoms with E-state index >= 15 is 0 Å². The highest BCUT2D eigenvalue weighted by molar-refractivity contribution is 5.71. The summed E-state index contributed by atoms with van der Waals surface area (Å²) in [6.07, 6.45) is -1.35. The first-order valence-corrected chi connectivity index (χ1v) is 14.8. The first-order chi connectivity index (χ1) is 21.8. The summed E-state index contributed by atoms with van der Waals surface area (Å²) in [5.41, 5.74) is 7.42. The van der Waals surface area contributed by atoms with Crippen molar-refractivity contribution in [2.24, 2.45) is 0 Å². The summed E-state index contributed by atoms with van der Waals surface area (Å²) in [7, 11) is 0. The molecular formula is C36H36N2O7. The second kappa shape index (κ2) is 14.6. The molecule has 1 heterocycles. The third-order valence-electron chi connectivity index (χ3n) is 7.64. The van der Waals surface area contributed by atoms with Gasteiger partial charge in [-0.05, 0) is 77.6 Å². The lowest BCUT2D eigenvalue weighted by Gasteiger charge is -2.20. The van der Waals surface area contributed by atoms with Gasteiger partial charge in [-0.15, -0.1) is 0 Å². The summed E-state index contributed by atoms with van der Waals surface area (Å²) in [5, 5.41) is 31.4. The van der Waals surface area contributed by atoms with Gasteiger partial charge < -0.3 is 34.5 Å². The highest BCUT2D eigenvalue weighted by atomic mass is 16.6.